The third-order valence-electron chi connectivity index (χ3n) is 3.41. The lowest BCUT2D eigenvalue weighted by Gasteiger charge is -2.12. The van der Waals surface area contributed by atoms with Crippen LogP contribution in [0.3, 0.4) is 0 Å². The number of carbonyl (C=O) groups is 1. The van der Waals surface area contributed by atoms with E-state index in [-0.39, 0.29) is 5.91 Å². The molecule has 1 aromatic heterocycles. The summed E-state index contributed by atoms with van der Waals surface area (Å²) in [6.45, 7) is 2.52. The molecule has 0 fully saturated rings. The molecule has 5 heteroatoms. The van der Waals surface area contributed by atoms with Gasteiger partial charge in [0.25, 0.3) is 0 Å². The minimum Gasteiger partial charge on any atom is -0.351 e. The number of benzene rings is 1. The number of aromatic nitrogens is 2. The predicted molar refractivity (Wildman–Crippen MR) is 82.6 cm³/mol. The number of carbonyl (C=O) groups excluding carboxylic acids is 1. The van der Waals surface area contributed by atoms with Gasteiger partial charge in [-0.05, 0) is 18.4 Å². The van der Waals surface area contributed by atoms with Gasteiger partial charge in [0.2, 0.25) is 5.91 Å². The van der Waals surface area contributed by atoms with Gasteiger partial charge in [-0.2, -0.15) is 5.10 Å². The van der Waals surface area contributed by atoms with Gasteiger partial charge in [0.15, 0.2) is 0 Å². The second-order valence-corrected chi connectivity index (χ2v) is 5.14. The van der Waals surface area contributed by atoms with Crippen LogP contribution in [-0.2, 0) is 31.2 Å². The molecule has 21 heavy (non-hydrogen) atoms. The number of hydrogen-bond acceptors (Lipinski definition) is 3. The molecule has 0 bridgehead atoms. The number of hydrogen-bond donors (Lipinski definition) is 2. The van der Waals surface area contributed by atoms with Gasteiger partial charge in [-0.15, -0.1) is 0 Å². The van der Waals surface area contributed by atoms with Gasteiger partial charge >= 0.3 is 0 Å². The highest BCUT2D eigenvalue weighted by Crippen LogP contribution is 2.07. The highest BCUT2D eigenvalue weighted by molar-refractivity contribution is 5.81. The Morgan fingerprint density at radius 2 is 2.10 bits per heavy atom. The van der Waals surface area contributed by atoms with E-state index in [1.54, 1.807) is 4.68 Å². The van der Waals surface area contributed by atoms with Gasteiger partial charge in [0.05, 0.1) is 11.7 Å². The van der Waals surface area contributed by atoms with Crippen LogP contribution in [0.4, 0.5) is 0 Å². The van der Waals surface area contributed by atoms with Gasteiger partial charge in [0, 0.05) is 25.4 Å². The lowest BCUT2D eigenvalue weighted by Crippen LogP contribution is -2.41. The van der Waals surface area contributed by atoms with Gasteiger partial charge in [-0.1, -0.05) is 37.3 Å². The molecule has 1 amide bonds. The third-order valence-corrected chi connectivity index (χ3v) is 3.41. The number of aryl methyl sites for hydroxylation is 2. The Labute approximate surface area is 125 Å². The molecular formula is C16H22N4O. The van der Waals surface area contributed by atoms with E-state index >= 15 is 0 Å². The molecule has 0 saturated carbocycles. The SMILES string of the molecule is CCc1nn(C)cc1CNC(=O)[C@@H](N)Cc1ccccc1. The standard InChI is InChI=1S/C16H22N4O/c1-3-15-13(11-20(2)19-15)10-18-16(21)14(17)9-12-7-5-4-6-8-12/h4-8,11,14H,3,9-10,17H2,1-2H3,(H,18,21)/t14-/m0/s1. The zero-order valence-electron chi connectivity index (χ0n) is 12.5. The molecule has 2 rings (SSSR count). The highest BCUT2D eigenvalue weighted by Gasteiger charge is 2.15. The van der Waals surface area contributed by atoms with E-state index in [0.29, 0.717) is 13.0 Å². The molecular weight excluding hydrogens is 264 g/mol. The molecule has 0 aliphatic rings. The Balaban J connectivity index is 1.89. The molecule has 0 spiro atoms. The average Bonchev–Trinajstić information content (AvgIpc) is 2.85. The second kappa shape index (κ2) is 7.04. The fourth-order valence-electron chi connectivity index (χ4n) is 2.30. The monoisotopic (exact) mass is 286 g/mol. The molecule has 0 unspecified atom stereocenters. The Morgan fingerprint density at radius 1 is 1.38 bits per heavy atom. The minimum atomic E-state index is -0.533. The zero-order chi connectivity index (χ0) is 15.2. The number of nitrogens with zero attached hydrogens (tertiary/aromatic N) is 2. The summed E-state index contributed by atoms with van der Waals surface area (Å²) in [5.74, 6) is -0.134. The van der Waals surface area contributed by atoms with Gasteiger partial charge in [0.1, 0.15) is 0 Å². The van der Waals surface area contributed by atoms with Crippen molar-refractivity contribution in [3.8, 4) is 0 Å². The first kappa shape index (κ1) is 15.3. The van der Waals surface area contributed by atoms with E-state index < -0.39 is 6.04 Å². The first-order valence-electron chi connectivity index (χ1n) is 7.18. The normalized spacial score (nSPS) is 12.1. The van der Waals surface area contributed by atoms with E-state index in [2.05, 4.69) is 17.3 Å². The number of rotatable bonds is 6. The maximum Gasteiger partial charge on any atom is 0.237 e. The van der Waals surface area contributed by atoms with E-state index in [1.807, 2.05) is 43.6 Å². The van der Waals surface area contributed by atoms with Crippen molar-refractivity contribution >= 4 is 5.91 Å². The van der Waals surface area contributed by atoms with Crippen molar-refractivity contribution < 1.29 is 4.79 Å². The number of nitrogens with two attached hydrogens (primary N) is 1. The van der Waals surface area contributed by atoms with Crippen molar-refractivity contribution in [1.29, 1.82) is 0 Å². The largest absolute Gasteiger partial charge is 0.351 e. The number of amides is 1. The molecule has 0 saturated heterocycles. The summed E-state index contributed by atoms with van der Waals surface area (Å²) in [7, 11) is 1.88. The first-order chi connectivity index (χ1) is 10.1. The molecule has 112 valence electrons. The van der Waals surface area contributed by atoms with Crippen LogP contribution >= 0.6 is 0 Å². The second-order valence-electron chi connectivity index (χ2n) is 5.14. The highest BCUT2D eigenvalue weighted by atomic mass is 16.2. The molecule has 0 radical (unpaired) electrons. The quantitative estimate of drug-likeness (QED) is 0.837. The van der Waals surface area contributed by atoms with Crippen molar-refractivity contribution in [2.24, 2.45) is 12.8 Å². The van der Waals surface area contributed by atoms with E-state index in [9.17, 15) is 4.79 Å². The van der Waals surface area contributed by atoms with Crippen LogP contribution in [-0.4, -0.2) is 21.7 Å². The van der Waals surface area contributed by atoms with Crippen molar-refractivity contribution in [3.05, 3.63) is 53.3 Å². The zero-order valence-corrected chi connectivity index (χ0v) is 12.5. The Morgan fingerprint density at radius 3 is 2.76 bits per heavy atom. The molecule has 1 heterocycles. The van der Waals surface area contributed by atoms with Crippen LogP contribution in [0.15, 0.2) is 36.5 Å². The van der Waals surface area contributed by atoms with Crippen LogP contribution in [0, 0.1) is 0 Å². The smallest absolute Gasteiger partial charge is 0.237 e. The number of nitrogens with one attached hydrogen (secondary N) is 1. The summed E-state index contributed by atoms with van der Waals surface area (Å²) >= 11 is 0. The van der Waals surface area contributed by atoms with Crippen LogP contribution in [0.25, 0.3) is 0 Å². The third kappa shape index (κ3) is 4.16. The van der Waals surface area contributed by atoms with Crippen molar-refractivity contribution in [2.75, 3.05) is 0 Å². The first-order valence-corrected chi connectivity index (χ1v) is 7.18. The molecule has 1 aromatic carbocycles. The van der Waals surface area contributed by atoms with Gasteiger partial charge in [-0.25, -0.2) is 0 Å². The molecule has 3 N–H and O–H groups in total. The lowest BCUT2D eigenvalue weighted by molar-refractivity contribution is -0.122. The molecule has 2 aromatic rings. The van der Waals surface area contributed by atoms with Gasteiger partial charge < -0.3 is 11.1 Å². The fraction of sp³-hybridized carbons (Fsp3) is 0.375. The van der Waals surface area contributed by atoms with E-state index in [1.165, 1.54) is 0 Å². The minimum absolute atomic E-state index is 0.134. The average molecular weight is 286 g/mol. The summed E-state index contributed by atoms with van der Waals surface area (Å²) in [6, 6.07) is 9.26. The summed E-state index contributed by atoms with van der Waals surface area (Å²) in [4.78, 5) is 12.1. The van der Waals surface area contributed by atoms with Crippen LogP contribution in [0.2, 0.25) is 0 Å². The molecule has 0 aliphatic heterocycles. The summed E-state index contributed by atoms with van der Waals surface area (Å²) in [5.41, 5.74) is 9.07. The van der Waals surface area contributed by atoms with Gasteiger partial charge in [-0.3, -0.25) is 9.48 Å². The fourth-order valence-corrected chi connectivity index (χ4v) is 2.30. The Kier molecular flexibility index (Phi) is 5.11. The molecule has 5 nitrogen and oxygen atoms in total. The predicted octanol–water partition coefficient (Wildman–Crippen LogP) is 1.17. The van der Waals surface area contributed by atoms with Crippen LogP contribution in [0.1, 0.15) is 23.7 Å². The summed E-state index contributed by atoms with van der Waals surface area (Å²) in [6.07, 6.45) is 3.32. The van der Waals surface area contributed by atoms with E-state index in [0.717, 1.165) is 23.2 Å². The van der Waals surface area contributed by atoms with Crippen molar-refractivity contribution in [1.82, 2.24) is 15.1 Å². The molecule has 0 aliphatic carbocycles. The summed E-state index contributed by atoms with van der Waals surface area (Å²) in [5, 5.41) is 7.24. The van der Waals surface area contributed by atoms with Crippen LogP contribution in [0.5, 0.6) is 0 Å². The topological polar surface area (TPSA) is 72.9 Å². The maximum atomic E-state index is 12.1. The van der Waals surface area contributed by atoms with Crippen LogP contribution < -0.4 is 11.1 Å². The Hall–Kier alpha value is -2.14. The maximum absolute atomic E-state index is 12.1. The Bertz CT molecular complexity index is 592. The lowest BCUT2D eigenvalue weighted by atomic mass is 10.1. The summed E-state index contributed by atoms with van der Waals surface area (Å²) < 4.78 is 1.77. The van der Waals surface area contributed by atoms with Crippen molar-refractivity contribution in [2.45, 2.75) is 32.4 Å². The van der Waals surface area contributed by atoms with Crippen molar-refractivity contribution in [3.63, 3.8) is 0 Å². The van der Waals surface area contributed by atoms with E-state index in [4.69, 9.17) is 5.73 Å². The molecule has 1 atom stereocenters.